The van der Waals surface area contributed by atoms with Gasteiger partial charge >= 0.3 is 5.97 Å². The Morgan fingerprint density at radius 2 is 1.78 bits per heavy atom. The van der Waals surface area contributed by atoms with E-state index in [1.165, 1.54) is 22.5 Å². The third-order valence-corrected chi connectivity index (χ3v) is 5.60. The Labute approximate surface area is 156 Å². The Morgan fingerprint density at radius 1 is 1.15 bits per heavy atom. The number of halogens is 1. The number of carbonyl (C=O) groups is 2. The van der Waals surface area contributed by atoms with E-state index < -0.39 is 34.2 Å². The summed E-state index contributed by atoms with van der Waals surface area (Å²) in [4.78, 5) is 24.2. The van der Waals surface area contributed by atoms with Crippen LogP contribution in [0.1, 0.15) is 33.2 Å². The van der Waals surface area contributed by atoms with Crippen LogP contribution in [-0.4, -0.2) is 39.1 Å². The van der Waals surface area contributed by atoms with Crippen molar-refractivity contribution in [2.75, 3.05) is 17.2 Å². The highest BCUT2D eigenvalue weighted by molar-refractivity contribution is 7.92. The molecule has 1 aliphatic rings. The van der Waals surface area contributed by atoms with Crippen molar-refractivity contribution >= 4 is 27.5 Å². The molecule has 0 saturated carbocycles. The van der Waals surface area contributed by atoms with Crippen LogP contribution in [0.5, 0.6) is 0 Å². The molecule has 2 aromatic rings. The van der Waals surface area contributed by atoms with Crippen LogP contribution in [0.15, 0.2) is 42.5 Å². The Hall–Kier alpha value is -2.74. The Bertz CT molecular complexity index is 1000. The predicted octanol–water partition coefficient (Wildman–Crippen LogP) is 2.58. The maximum atomic E-state index is 12.9. The van der Waals surface area contributed by atoms with Crippen LogP contribution in [0, 0.1) is 5.82 Å². The van der Waals surface area contributed by atoms with Gasteiger partial charge in [-0.1, -0.05) is 0 Å². The second-order valence-electron chi connectivity index (χ2n) is 6.46. The highest BCUT2D eigenvalue weighted by Crippen LogP contribution is 2.34. The van der Waals surface area contributed by atoms with Crippen molar-refractivity contribution in [3.8, 4) is 0 Å². The standard InChI is InChI=1S/C19H18FNO5S/c1-12-9-15-10-14(5-8-17(15)21(12)27(2,24)25)19(23)26-11-18(22)13-3-6-16(20)7-4-13/h3-8,10,12H,9,11H2,1-2H3/t12-/m0/s1. The van der Waals surface area contributed by atoms with Gasteiger partial charge in [-0.3, -0.25) is 9.10 Å². The maximum Gasteiger partial charge on any atom is 0.338 e. The second-order valence-corrected chi connectivity index (χ2v) is 8.32. The molecule has 0 aromatic heterocycles. The van der Waals surface area contributed by atoms with E-state index in [4.69, 9.17) is 4.74 Å². The molecule has 6 nitrogen and oxygen atoms in total. The highest BCUT2D eigenvalue weighted by Gasteiger charge is 2.32. The van der Waals surface area contributed by atoms with Crippen molar-refractivity contribution in [2.45, 2.75) is 19.4 Å². The fourth-order valence-corrected chi connectivity index (χ4v) is 4.43. The van der Waals surface area contributed by atoms with Crippen molar-refractivity contribution in [1.82, 2.24) is 0 Å². The molecule has 1 aliphatic heterocycles. The van der Waals surface area contributed by atoms with Gasteiger partial charge in [-0.15, -0.1) is 0 Å². The van der Waals surface area contributed by atoms with Crippen molar-refractivity contribution in [3.63, 3.8) is 0 Å². The lowest BCUT2D eigenvalue weighted by atomic mass is 10.1. The minimum Gasteiger partial charge on any atom is -0.454 e. The number of benzene rings is 2. The van der Waals surface area contributed by atoms with E-state index in [-0.39, 0.29) is 17.2 Å². The van der Waals surface area contributed by atoms with Gasteiger partial charge in [0.15, 0.2) is 12.4 Å². The second kappa shape index (κ2) is 7.11. The maximum absolute atomic E-state index is 12.9. The van der Waals surface area contributed by atoms with Crippen molar-refractivity contribution < 1.29 is 27.1 Å². The van der Waals surface area contributed by atoms with Gasteiger partial charge in [0.05, 0.1) is 17.5 Å². The van der Waals surface area contributed by atoms with Gasteiger partial charge in [-0.05, 0) is 61.4 Å². The summed E-state index contributed by atoms with van der Waals surface area (Å²) in [6, 6.07) is 9.35. The van der Waals surface area contributed by atoms with E-state index in [0.29, 0.717) is 12.1 Å². The topological polar surface area (TPSA) is 80.8 Å². The van der Waals surface area contributed by atoms with E-state index >= 15 is 0 Å². The van der Waals surface area contributed by atoms with Crippen LogP contribution in [0.4, 0.5) is 10.1 Å². The molecule has 0 saturated heterocycles. The fraction of sp³-hybridized carbons (Fsp3) is 0.263. The van der Waals surface area contributed by atoms with Crippen molar-refractivity contribution in [3.05, 3.63) is 65.0 Å². The number of sulfonamides is 1. The lowest BCUT2D eigenvalue weighted by molar-refractivity contribution is 0.0474. The summed E-state index contributed by atoms with van der Waals surface area (Å²) in [6.45, 7) is 1.33. The van der Waals surface area contributed by atoms with Crippen LogP contribution >= 0.6 is 0 Å². The highest BCUT2D eigenvalue weighted by atomic mass is 32.2. The summed E-state index contributed by atoms with van der Waals surface area (Å²) in [7, 11) is -3.41. The number of Topliss-reactive ketones (excluding diaryl/α,β-unsaturated/α-hetero) is 1. The number of hydrogen-bond donors (Lipinski definition) is 0. The molecule has 8 heteroatoms. The molecule has 2 aromatic carbocycles. The lowest BCUT2D eigenvalue weighted by Gasteiger charge is -2.21. The first-order chi connectivity index (χ1) is 12.7. The van der Waals surface area contributed by atoms with Crippen LogP contribution in [0.3, 0.4) is 0 Å². The minimum absolute atomic E-state index is 0.235. The third kappa shape index (κ3) is 4.00. The normalized spacial score (nSPS) is 16.1. The first-order valence-electron chi connectivity index (χ1n) is 8.25. The molecule has 0 bridgehead atoms. The summed E-state index contributed by atoms with van der Waals surface area (Å²) in [5.74, 6) is -1.58. The number of carbonyl (C=O) groups excluding carboxylic acids is 2. The summed E-state index contributed by atoms with van der Waals surface area (Å²) in [5.41, 5.74) is 1.76. The lowest BCUT2D eigenvalue weighted by Crippen LogP contribution is -2.34. The molecule has 27 heavy (non-hydrogen) atoms. The zero-order valence-electron chi connectivity index (χ0n) is 14.8. The largest absolute Gasteiger partial charge is 0.454 e. The van der Waals surface area contributed by atoms with Crippen LogP contribution in [0.2, 0.25) is 0 Å². The average Bonchev–Trinajstić information content (AvgIpc) is 2.94. The number of esters is 1. The van der Waals surface area contributed by atoms with Crippen LogP contribution in [-0.2, 0) is 21.2 Å². The van der Waals surface area contributed by atoms with Gasteiger partial charge in [0.1, 0.15) is 5.82 Å². The number of nitrogens with zero attached hydrogens (tertiary/aromatic N) is 1. The molecular weight excluding hydrogens is 373 g/mol. The number of rotatable bonds is 5. The summed E-state index contributed by atoms with van der Waals surface area (Å²) >= 11 is 0. The average molecular weight is 391 g/mol. The van der Waals surface area contributed by atoms with E-state index in [1.807, 2.05) is 0 Å². The molecule has 0 N–H and O–H groups in total. The Morgan fingerprint density at radius 3 is 2.41 bits per heavy atom. The van der Waals surface area contributed by atoms with Crippen molar-refractivity contribution in [1.29, 1.82) is 0 Å². The number of fused-ring (bicyclic) bond motifs is 1. The van der Waals surface area contributed by atoms with Gasteiger partial charge in [0.25, 0.3) is 0 Å². The van der Waals surface area contributed by atoms with Gasteiger partial charge in [-0.25, -0.2) is 17.6 Å². The van der Waals surface area contributed by atoms with Gasteiger partial charge in [0.2, 0.25) is 10.0 Å². The van der Waals surface area contributed by atoms with E-state index in [2.05, 4.69) is 0 Å². The molecular formula is C19H18FNO5S. The molecule has 0 spiro atoms. The van der Waals surface area contributed by atoms with Crippen LogP contribution in [0.25, 0.3) is 0 Å². The molecule has 0 unspecified atom stereocenters. The monoisotopic (exact) mass is 391 g/mol. The smallest absolute Gasteiger partial charge is 0.338 e. The molecule has 0 amide bonds. The number of ketones is 1. The number of anilines is 1. The minimum atomic E-state index is -3.41. The van der Waals surface area contributed by atoms with Gasteiger partial charge in [0, 0.05) is 11.6 Å². The molecule has 142 valence electrons. The fourth-order valence-electron chi connectivity index (χ4n) is 3.17. The molecule has 1 heterocycles. The summed E-state index contributed by atoms with van der Waals surface area (Å²) in [6.07, 6.45) is 1.62. The van der Waals surface area contributed by atoms with E-state index in [9.17, 15) is 22.4 Å². The number of hydrogen-bond acceptors (Lipinski definition) is 5. The molecule has 0 radical (unpaired) electrons. The van der Waals surface area contributed by atoms with Crippen LogP contribution < -0.4 is 4.31 Å². The van der Waals surface area contributed by atoms with E-state index in [0.717, 1.165) is 24.0 Å². The third-order valence-electron chi connectivity index (χ3n) is 4.33. The summed E-state index contributed by atoms with van der Waals surface area (Å²) in [5, 5.41) is 0. The molecule has 3 rings (SSSR count). The summed E-state index contributed by atoms with van der Waals surface area (Å²) < 4.78 is 43.1. The Balaban J connectivity index is 1.71. The van der Waals surface area contributed by atoms with E-state index in [1.54, 1.807) is 19.1 Å². The SMILES string of the molecule is C[C@H]1Cc2cc(C(=O)OCC(=O)c3ccc(F)cc3)ccc2N1S(C)(=O)=O. The predicted molar refractivity (Wildman–Crippen MR) is 97.9 cm³/mol. The molecule has 0 aliphatic carbocycles. The number of ether oxygens (including phenoxy) is 1. The molecule has 1 atom stereocenters. The van der Waals surface area contributed by atoms with Crippen molar-refractivity contribution in [2.24, 2.45) is 0 Å². The Kier molecular flexibility index (Phi) is 5.01. The van der Waals surface area contributed by atoms with Gasteiger partial charge in [-0.2, -0.15) is 0 Å². The zero-order valence-corrected chi connectivity index (χ0v) is 15.6. The molecule has 0 fully saturated rings. The zero-order chi connectivity index (χ0) is 19.8. The quantitative estimate of drug-likeness (QED) is 0.578. The first-order valence-corrected chi connectivity index (χ1v) is 10.1. The van der Waals surface area contributed by atoms with Gasteiger partial charge < -0.3 is 4.74 Å². The first kappa shape index (κ1) is 19.0.